The van der Waals surface area contributed by atoms with Gasteiger partial charge in [0.25, 0.3) is 0 Å². The van der Waals surface area contributed by atoms with Gasteiger partial charge >= 0.3 is 5.97 Å². The van der Waals surface area contributed by atoms with Crippen LogP contribution in [0.4, 0.5) is 0 Å². The first kappa shape index (κ1) is 22.9. The monoisotopic (exact) mass is 392 g/mol. The molecular weight excluding hydrogens is 356 g/mol. The van der Waals surface area contributed by atoms with Crippen LogP contribution in [0.3, 0.4) is 0 Å². The molecular formula is C23H36O5. The fourth-order valence-electron chi connectivity index (χ4n) is 3.76. The molecule has 5 heteroatoms. The summed E-state index contributed by atoms with van der Waals surface area (Å²) in [5.41, 5.74) is 1.07. The number of unbranched alkanes of at least 4 members (excludes halogenated alkanes) is 7. The first-order valence-corrected chi connectivity index (χ1v) is 10.9. The minimum absolute atomic E-state index is 0.127. The van der Waals surface area contributed by atoms with Crippen LogP contribution in [0.15, 0.2) is 30.3 Å². The van der Waals surface area contributed by atoms with Crippen LogP contribution < -0.4 is 0 Å². The summed E-state index contributed by atoms with van der Waals surface area (Å²) in [6.07, 6.45) is 11.4. The van der Waals surface area contributed by atoms with Gasteiger partial charge in [-0.3, -0.25) is 4.79 Å². The predicted octanol–water partition coefficient (Wildman–Crippen LogP) is 5.23. The molecule has 0 spiro atoms. The molecule has 28 heavy (non-hydrogen) atoms. The van der Waals surface area contributed by atoms with Gasteiger partial charge in [-0.05, 0) is 25.7 Å². The van der Waals surface area contributed by atoms with Crippen LogP contribution >= 0.6 is 0 Å². The van der Waals surface area contributed by atoms with E-state index >= 15 is 0 Å². The van der Waals surface area contributed by atoms with Gasteiger partial charge in [-0.25, -0.2) is 0 Å². The number of aliphatic hydroxyl groups is 1. The average Bonchev–Trinajstić information content (AvgIpc) is 3.10. The summed E-state index contributed by atoms with van der Waals surface area (Å²) >= 11 is 0. The lowest BCUT2D eigenvalue weighted by Crippen LogP contribution is -2.22. The van der Waals surface area contributed by atoms with Crippen molar-refractivity contribution in [1.29, 1.82) is 0 Å². The third-order valence-electron chi connectivity index (χ3n) is 5.36. The Morgan fingerprint density at radius 1 is 0.786 bits per heavy atom. The zero-order chi connectivity index (χ0) is 20.0. The van der Waals surface area contributed by atoms with Crippen LogP contribution in [-0.4, -0.2) is 35.0 Å². The fraction of sp³-hybridized carbons (Fsp3) is 0.696. The first-order chi connectivity index (χ1) is 13.7. The van der Waals surface area contributed by atoms with Crippen LogP contribution in [0.5, 0.6) is 0 Å². The summed E-state index contributed by atoms with van der Waals surface area (Å²) in [6.45, 7) is 0.272. The van der Waals surface area contributed by atoms with E-state index in [-0.39, 0.29) is 31.5 Å². The quantitative estimate of drug-likeness (QED) is 0.400. The maximum absolute atomic E-state index is 10.5. The highest BCUT2D eigenvalue weighted by atomic mass is 16.7. The second-order valence-electron chi connectivity index (χ2n) is 7.72. The van der Waals surface area contributed by atoms with Crippen LogP contribution in [-0.2, 0) is 14.3 Å². The Balaban J connectivity index is 1.74. The summed E-state index contributed by atoms with van der Waals surface area (Å²) in [6, 6.07) is 10.1. The number of aliphatic hydroxyl groups excluding tert-OH is 1. The Hall–Kier alpha value is -1.43. The van der Waals surface area contributed by atoms with Gasteiger partial charge in [-0.2, -0.15) is 0 Å². The van der Waals surface area contributed by atoms with Gasteiger partial charge in [0.2, 0.25) is 0 Å². The SMILES string of the molecule is O=C(O)CCCCCCCC1OC(c2ccccc2)OC1CCCCCCO. The molecule has 158 valence electrons. The molecule has 3 unspecified atom stereocenters. The molecule has 2 rings (SSSR count). The van der Waals surface area contributed by atoms with Crippen molar-refractivity contribution in [2.75, 3.05) is 6.61 Å². The van der Waals surface area contributed by atoms with E-state index in [9.17, 15) is 4.79 Å². The molecule has 0 saturated carbocycles. The minimum Gasteiger partial charge on any atom is -0.481 e. The number of carboxylic acids is 1. The standard InChI is InChI=1S/C23H36O5/c24-18-12-5-4-10-16-21-20(15-9-2-1-3-11-17-22(25)26)27-23(28-21)19-13-7-6-8-14-19/h6-8,13-14,20-21,23-24H,1-5,9-12,15-18H2,(H,25,26). The molecule has 1 aliphatic rings. The summed E-state index contributed by atoms with van der Waals surface area (Å²) in [4.78, 5) is 10.5. The van der Waals surface area contributed by atoms with Gasteiger partial charge in [-0.15, -0.1) is 0 Å². The molecule has 3 atom stereocenters. The largest absolute Gasteiger partial charge is 0.481 e. The van der Waals surface area contributed by atoms with Crippen LogP contribution in [0.1, 0.15) is 88.9 Å². The van der Waals surface area contributed by atoms with E-state index in [4.69, 9.17) is 19.7 Å². The fourth-order valence-corrected chi connectivity index (χ4v) is 3.76. The molecule has 1 aromatic rings. The van der Waals surface area contributed by atoms with Crippen LogP contribution in [0.25, 0.3) is 0 Å². The maximum atomic E-state index is 10.5. The Bertz CT molecular complexity index is 533. The third-order valence-corrected chi connectivity index (χ3v) is 5.36. The van der Waals surface area contributed by atoms with Crippen molar-refractivity contribution in [2.45, 2.75) is 95.5 Å². The Morgan fingerprint density at radius 2 is 1.32 bits per heavy atom. The van der Waals surface area contributed by atoms with Gasteiger partial charge in [0, 0.05) is 18.6 Å². The lowest BCUT2D eigenvalue weighted by Gasteiger charge is -2.16. The number of carbonyl (C=O) groups is 1. The van der Waals surface area contributed by atoms with Gasteiger partial charge in [0.15, 0.2) is 6.29 Å². The number of ether oxygens (including phenoxy) is 2. The Kier molecular flexibility index (Phi) is 11.2. The molecule has 1 heterocycles. The molecule has 0 bridgehead atoms. The van der Waals surface area contributed by atoms with E-state index < -0.39 is 5.97 Å². The highest BCUT2D eigenvalue weighted by molar-refractivity contribution is 5.66. The van der Waals surface area contributed by atoms with E-state index in [1.54, 1.807) is 0 Å². The molecule has 1 aliphatic heterocycles. The van der Waals surface area contributed by atoms with E-state index in [1.807, 2.05) is 30.3 Å². The van der Waals surface area contributed by atoms with Gasteiger partial charge in [0.1, 0.15) is 0 Å². The van der Waals surface area contributed by atoms with Crippen molar-refractivity contribution in [3.05, 3.63) is 35.9 Å². The van der Waals surface area contributed by atoms with Crippen molar-refractivity contribution < 1.29 is 24.5 Å². The van der Waals surface area contributed by atoms with E-state index in [2.05, 4.69) is 0 Å². The minimum atomic E-state index is -0.703. The zero-order valence-electron chi connectivity index (χ0n) is 16.9. The highest BCUT2D eigenvalue weighted by Gasteiger charge is 2.35. The molecule has 1 saturated heterocycles. The van der Waals surface area contributed by atoms with Crippen molar-refractivity contribution in [1.82, 2.24) is 0 Å². The lowest BCUT2D eigenvalue weighted by molar-refractivity contribution is -0.137. The second-order valence-corrected chi connectivity index (χ2v) is 7.72. The highest BCUT2D eigenvalue weighted by Crippen LogP contribution is 2.35. The molecule has 1 aromatic carbocycles. The number of carboxylic acid groups (broad SMARTS) is 1. The normalized spacial score (nSPS) is 21.8. The second kappa shape index (κ2) is 13.7. The number of benzene rings is 1. The van der Waals surface area contributed by atoms with E-state index in [1.165, 1.54) is 0 Å². The summed E-state index contributed by atoms with van der Waals surface area (Å²) in [7, 11) is 0. The van der Waals surface area contributed by atoms with Crippen LogP contribution in [0, 0.1) is 0 Å². The van der Waals surface area contributed by atoms with Gasteiger partial charge in [-0.1, -0.05) is 75.3 Å². The maximum Gasteiger partial charge on any atom is 0.303 e. The van der Waals surface area contributed by atoms with Crippen LogP contribution in [0.2, 0.25) is 0 Å². The molecule has 0 aromatic heterocycles. The van der Waals surface area contributed by atoms with Gasteiger partial charge < -0.3 is 19.7 Å². The molecule has 0 aliphatic carbocycles. The van der Waals surface area contributed by atoms with Crippen molar-refractivity contribution >= 4 is 5.97 Å². The summed E-state index contributed by atoms with van der Waals surface area (Å²) in [5.74, 6) is -0.703. The van der Waals surface area contributed by atoms with E-state index in [0.29, 0.717) is 0 Å². The third kappa shape index (κ3) is 8.72. The Labute approximate surface area is 169 Å². The average molecular weight is 393 g/mol. The van der Waals surface area contributed by atoms with Crippen molar-refractivity contribution in [3.63, 3.8) is 0 Å². The summed E-state index contributed by atoms with van der Waals surface area (Å²) < 4.78 is 12.5. The zero-order valence-corrected chi connectivity index (χ0v) is 16.9. The number of rotatable bonds is 15. The molecule has 0 radical (unpaired) electrons. The first-order valence-electron chi connectivity index (χ1n) is 10.9. The molecule has 1 fully saturated rings. The van der Waals surface area contributed by atoms with Gasteiger partial charge in [0.05, 0.1) is 12.2 Å². The topological polar surface area (TPSA) is 76.0 Å². The number of hydrogen-bond donors (Lipinski definition) is 2. The summed E-state index contributed by atoms with van der Waals surface area (Å²) in [5, 5.41) is 17.6. The number of aliphatic carboxylic acids is 1. The Morgan fingerprint density at radius 3 is 1.89 bits per heavy atom. The lowest BCUT2D eigenvalue weighted by atomic mass is 10.00. The van der Waals surface area contributed by atoms with Crippen molar-refractivity contribution in [3.8, 4) is 0 Å². The smallest absolute Gasteiger partial charge is 0.303 e. The molecule has 2 N–H and O–H groups in total. The number of hydrogen-bond acceptors (Lipinski definition) is 4. The molecule has 5 nitrogen and oxygen atoms in total. The molecule has 0 amide bonds. The van der Waals surface area contributed by atoms with Crippen molar-refractivity contribution in [2.24, 2.45) is 0 Å². The van der Waals surface area contributed by atoms with E-state index in [0.717, 1.165) is 76.2 Å². The predicted molar refractivity (Wildman–Crippen MR) is 109 cm³/mol.